The molecule has 1 aliphatic heterocycles. The SMILES string of the molecule is CCOC(=O)C1=C(C)N(Cc2ccc(C(=O)NCc3ccc(F)cc3)cc2)C(=O)CC1c1ccccc1C. The zero-order chi connectivity index (χ0) is 27.2. The maximum atomic E-state index is 13.3. The van der Waals surface area contributed by atoms with E-state index < -0.39 is 5.97 Å². The number of nitrogens with one attached hydrogen (secondary N) is 1. The minimum Gasteiger partial charge on any atom is -0.463 e. The van der Waals surface area contributed by atoms with Crippen LogP contribution in [0, 0.1) is 12.7 Å². The highest BCUT2D eigenvalue weighted by Gasteiger charge is 2.37. The first kappa shape index (κ1) is 26.8. The molecule has 0 aromatic heterocycles. The number of hydrogen-bond donors (Lipinski definition) is 1. The smallest absolute Gasteiger partial charge is 0.336 e. The molecule has 7 heteroatoms. The van der Waals surface area contributed by atoms with Crippen LogP contribution in [0.1, 0.15) is 58.8 Å². The van der Waals surface area contributed by atoms with Crippen LogP contribution in [-0.2, 0) is 27.4 Å². The number of hydrogen-bond acceptors (Lipinski definition) is 4. The number of esters is 1. The summed E-state index contributed by atoms with van der Waals surface area (Å²) in [7, 11) is 0. The van der Waals surface area contributed by atoms with Crippen molar-refractivity contribution < 1.29 is 23.5 Å². The second-order valence-electron chi connectivity index (χ2n) is 9.32. The number of nitrogens with zero attached hydrogens (tertiary/aromatic N) is 1. The number of ether oxygens (including phenoxy) is 1. The molecule has 0 spiro atoms. The number of carbonyl (C=O) groups is 3. The molecule has 0 aliphatic carbocycles. The van der Waals surface area contributed by atoms with Gasteiger partial charge in [-0.3, -0.25) is 9.59 Å². The minimum atomic E-state index is -0.413. The van der Waals surface area contributed by atoms with E-state index in [1.807, 2.05) is 31.2 Å². The van der Waals surface area contributed by atoms with Gasteiger partial charge in [0, 0.05) is 30.1 Å². The molecule has 2 amide bonds. The van der Waals surface area contributed by atoms with Gasteiger partial charge in [0.1, 0.15) is 5.82 Å². The van der Waals surface area contributed by atoms with Gasteiger partial charge in [0.05, 0.1) is 18.7 Å². The quantitative estimate of drug-likeness (QED) is 0.408. The lowest BCUT2D eigenvalue weighted by Gasteiger charge is -2.35. The van der Waals surface area contributed by atoms with E-state index in [-0.39, 0.29) is 49.7 Å². The molecule has 1 unspecified atom stereocenters. The fourth-order valence-corrected chi connectivity index (χ4v) is 4.75. The standard InChI is InChI=1S/C31H31FN2O4/c1-4-38-31(37)29-21(3)34(28(35)17-27(29)26-8-6-5-7-20(26)2)19-23-9-13-24(14-10-23)30(36)33-18-22-11-15-25(32)16-12-22/h5-16,27H,4,17-19H2,1-3H3,(H,33,36). The predicted octanol–water partition coefficient (Wildman–Crippen LogP) is 5.42. The van der Waals surface area contributed by atoms with E-state index in [2.05, 4.69) is 5.32 Å². The van der Waals surface area contributed by atoms with Gasteiger partial charge in [0.25, 0.3) is 5.91 Å². The lowest BCUT2D eigenvalue weighted by atomic mass is 9.81. The van der Waals surface area contributed by atoms with Crippen molar-refractivity contribution in [3.05, 3.63) is 118 Å². The van der Waals surface area contributed by atoms with Crippen molar-refractivity contribution in [1.29, 1.82) is 0 Å². The summed E-state index contributed by atoms with van der Waals surface area (Å²) in [6, 6.07) is 20.7. The molecule has 1 atom stereocenters. The Labute approximate surface area is 222 Å². The van der Waals surface area contributed by atoms with Crippen LogP contribution in [0.25, 0.3) is 0 Å². The van der Waals surface area contributed by atoms with Gasteiger partial charge in [0.15, 0.2) is 0 Å². The van der Waals surface area contributed by atoms with E-state index in [0.29, 0.717) is 16.8 Å². The molecule has 4 rings (SSSR count). The molecule has 6 nitrogen and oxygen atoms in total. The van der Waals surface area contributed by atoms with Crippen LogP contribution in [0.2, 0.25) is 0 Å². The third-order valence-corrected chi connectivity index (χ3v) is 6.81. The van der Waals surface area contributed by atoms with E-state index in [0.717, 1.165) is 22.3 Å². The lowest BCUT2D eigenvalue weighted by Crippen LogP contribution is -2.38. The molecular formula is C31H31FN2O4. The highest BCUT2D eigenvalue weighted by Crippen LogP contribution is 2.38. The topological polar surface area (TPSA) is 75.7 Å². The summed E-state index contributed by atoms with van der Waals surface area (Å²) in [5.41, 5.74) is 5.13. The minimum absolute atomic E-state index is 0.0788. The van der Waals surface area contributed by atoms with Crippen LogP contribution in [0.3, 0.4) is 0 Å². The van der Waals surface area contributed by atoms with Gasteiger partial charge in [-0.15, -0.1) is 0 Å². The molecule has 0 saturated carbocycles. The molecule has 0 fully saturated rings. The molecular weight excluding hydrogens is 483 g/mol. The Kier molecular flexibility index (Phi) is 8.36. The summed E-state index contributed by atoms with van der Waals surface area (Å²) in [6.07, 6.45) is 0.167. The number of benzene rings is 3. The number of rotatable bonds is 8. The van der Waals surface area contributed by atoms with Crippen LogP contribution in [0.5, 0.6) is 0 Å². The van der Waals surface area contributed by atoms with E-state index in [9.17, 15) is 18.8 Å². The normalized spacial score (nSPS) is 15.4. The molecule has 0 radical (unpaired) electrons. The maximum absolute atomic E-state index is 13.3. The number of amides is 2. The van der Waals surface area contributed by atoms with Crippen molar-refractivity contribution in [2.24, 2.45) is 0 Å². The van der Waals surface area contributed by atoms with Crippen LogP contribution >= 0.6 is 0 Å². The summed E-state index contributed by atoms with van der Waals surface area (Å²) in [5, 5.41) is 2.82. The van der Waals surface area contributed by atoms with Crippen LogP contribution in [0.15, 0.2) is 84.1 Å². The summed E-state index contributed by atoms with van der Waals surface area (Å²) >= 11 is 0. The fourth-order valence-electron chi connectivity index (χ4n) is 4.75. The summed E-state index contributed by atoms with van der Waals surface area (Å²) in [5.74, 6) is -1.44. The van der Waals surface area contributed by atoms with Crippen molar-refractivity contribution in [3.8, 4) is 0 Å². The summed E-state index contributed by atoms with van der Waals surface area (Å²) in [4.78, 5) is 40.5. The van der Waals surface area contributed by atoms with Gasteiger partial charge in [-0.2, -0.15) is 0 Å². The van der Waals surface area contributed by atoms with Gasteiger partial charge in [-0.25, -0.2) is 9.18 Å². The van der Waals surface area contributed by atoms with Gasteiger partial charge in [0.2, 0.25) is 5.91 Å². The molecule has 0 saturated heterocycles. The van der Waals surface area contributed by atoms with Crippen molar-refractivity contribution >= 4 is 17.8 Å². The van der Waals surface area contributed by atoms with Gasteiger partial charge >= 0.3 is 5.97 Å². The van der Waals surface area contributed by atoms with Crippen LogP contribution in [0.4, 0.5) is 4.39 Å². The molecule has 1 aliphatic rings. The van der Waals surface area contributed by atoms with E-state index in [4.69, 9.17) is 4.74 Å². The van der Waals surface area contributed by atoms with E-state index in [1.54, 1.807) is 55.1 Å². The number of aryl methyl sites for hydroxylation is 1. The predicted molar refractivity (Wildman–Crippen MR) is 142 cm³/mol. The first-order chi connectivity index (χ1) is 18.3. The largest absolute Gasteiger partial charge is 0.463 e. The molecule has 0 bridgehead atoms. The molecule has 38 heavy (non-hydrogen) atoms. The van der Waals surface area contributed by atoms with Crippen molar-refractivity contribution in [3.63, 3.8) is 0 Å². The zero-order valence-corrected chi connectivity index (χ0v) is 21.8. The third-order valence-electron chi connectivity index (χ3n) is 6.81. The number of halogens is 1. The second-order valence-corrected chi connectivity index (χ2v) is 9.32. The zero-order valence-electron chi connectivity index (χ0n) is 21.8. The first-order valence-corrected chi connectivity index (χ1v) is 12.6. The van der Waals surface area contributed by atoms with E-state index >= 15 is 0 Å². The van der Waals surface area contributed by atoms with Gasteiger partial charge < -0.3 is 15.0 Å². The Balaban J connectivity index is 1.52. The fraction of sp³-hybridized carbons (Fsp3) is 0.258. The number of allylic oxidation sites excluding steroid dienone is 1. The average molecular weight is 515 g/mol. The van der Waals surface area contributed by atoms with Gasteiger partial charge in [-0.05, 0) is 67.3 Å². The average Bonchev–Trinajstić information content (AvgIpc) is 2.91. The Morgan fingerprint density at radius 3 is 2.29 bits per heavy atom. The molecule has 3 aromatic carbocycles. The second kappa shape index (κ2) is 11.9. The van der Waals surface area contributed by atoms with E-state index in [1.165, 1.54) is 12.1 Å². The molecule has 1 heterocycles. The van der Waals surface area contributed by atoms with Crippen molar-refractivity contribution in [2.75, 3.05) is 6.61 Å². The molecule has 196 valence electrons. The highest BCUT2D eigenvalue weighted by molar-refractivity contribution is 5.96. The summed E-state index contributed by atoms with van der Waals surface area (Å²) in [6.45, 7) is 6.32. The van der Waals surface area contributed by atoms with Crippen molar-refractivity contribution in [2.45, 2.75) is 46.2 Å². The molecule has 1 N–H and O–H groups in total. The van der Waals surface area contributed by atoms with Crippen molar-refractivity contribution in [1.82, 2.24) is 10.2 Å². The third kappa shape index (κ3) is 5.99. The molecule has 3 aromatic rings. The maximum Gasteiger partial charge on any atom is 0.336 e. The Hall–Kier alpha value is -4.26. The van der Waals surface area contributed by atoms with Gasteiger partial charge in [-0.1, -0.05) is 48.5 Å². The highest BCUT2D eigenvalue weighted by atomic mass is 19.1. The first-order valence-electron chi connectivity index (χ1n) is 12.6. The number of carbonyl (C=O) groups excluding carboxylic acids is 3. The Morgan fingerprint density at radius 1 is 0.974 bits per heavy atom. The lowest BCUT2D eigenvalue weighted by molar-refractivity contribution is -0.140. The van der Waals surface area contributed by atoms with Crippen LogP contribution < -0.4 is 5.32 Å². The van der Waals surface area contributed by atoms with Crippen LogP contribution in [-0.4, -0.2) is 29.3 Å². The Bertz CT molecular complexity index is 1360. The Morgan fingerprint density at radius 2 is 1.63 bits per heavy atom. The monoisotopic (exact) mass is 514 g/mol. The summed E-state index contributed by atoms with van der Waals surface area (Å²) < 4.78 is 18.5.